The maximum absolute atomic E-state index is 9.28. The Morgan fingerprint density at radius 2 is 1.71 bits per heavy atom. The average Bonchev–Trinajstić information content (AvgIpc) is 2.21. The number of hydrogen-bond donors (Lipinski definition) is 2. The monoisotopic (exact) mass is 200 g/mol. The zero-order chi connectivity index (χ0) is 10.6. The van der Waals surface area contributed by atoms with Gasteiger partial charge >= 0.3 is 0 Å². The Morgan fingerprint density at radius 3 is 2.29 bits per heavy atom. The Hall–Kier alpha value is -0.340. The average molecular weight is 200 g/mol. The van der Waals surface area contributed by atoms with Gasteiger partial charge in [0.1, 0.15) is 0 Å². The van der Waals surface area contributed by atoms with E-state index in [0.717, 1.165) is 44.9 Å². The third-order valence-electron chi connectivity index (χ3n) is 2.32. The van der Waals surface area contributed by atoms with Crippen molar-refractivity contribution in [2.24, 2.45) is 0 Å². The first-order chi connectivity index (χ1) is 6.81. The quantitative estimate of drug-likeness (QED) is 0.444. The van der Waals surface area contributed by atoms with Crippen LogP contribution in [-0.2, 0) is 0 Å². The third-order valence-corrected chi connectivity index (χ3v) is 2.32. The summed E-state index contributed by atoms with van der Waals surface area (Å²) >= 11 is 0. The number of aliphatic hydroxyl groups is 2. The number of unbranched alkanes of at least 4 members (excludes halogenated alkanes) is 3. The van der Waals surface area contributed by atoms with Crippen molar-refractivity contribution in [1.82, 2.24) is 0 Å². The van der Waals surface area contributed by atoms with Crippen LogP contribution in [0.3, 0.4) is 0 Å². The van der Waals surface area contributed by atoms with E-state index in [4.69, 9.17) is 5.11 Å². The molecule has 0 spiro atoms. The van der Waals surface area contributed by atoms with Gasteiger partial charge in [0.25, 0.3) is 0 Å². The number of rotatable bonds is 9. The molecule has 0 aromatic heterocycles. The fourth-order valence-corrected chi connectivity index (χ4v) is 1.29. The van der Waals surface area contributed by atoms with E-state index >= 15 is 0 Å². The van der Waals surface area contributed by atoms with Gasteiger partial charge in [0, 0.05) is 6.61 Å². The van der Waals surface area contributed by atoms with Crippen LogP contribution in [0.25, 0.3) is 0 Å². The summed E-state index contributed by atoms with van der Waals surface area (Å²) in [4.78, 5) is 0. The molecule has 0 heterocycles. The van der Waals surface area contributed by atoms with Gasteiger partial charge in [0.15, 0.2) is 0 Å². The second-order valence-electron chi connectivity index (χ2n) is 3.68. The third kappa shape index (κ3) is 9.75. The molecule has 2 N–H and O–H groups in total. The zero-order valence-electron chi connectivity index (χ0n) is 9.28. The van der Waals surface area contributed by atoms with Gasteiger partial charge in [-0.05, 0) is 38.5 Å². The Bertz CT molecular complexity index is 132. The molecular weight excluding hydrogens is 176 g/mol. The van der Waals surface area contributed by atoms with Crippen molar-refractivity contribution in [1.29, 1.82) is 0 Å². The molecule has 0 aliphatic heterocycles. The summed E-state index contributed by atoms with van der Waals surface area (Å²) in [6.07, 6.45) is 11.2. The van der Waals surface area contributed by atoms with Crippen LogP contribution in [0.1, 0.15) is 51.9 Å². The molecule has 0 bridgehead atoms. The van der Waals surface area contributed by atoms with Crippen LogP contribution >= 0.6 is 0 Å². The summed E-state index contributed by atoms with van der Waals surface area (Å²) in [5.74, 6) is 0. The normalized spacial score (nSPS) is 13.6. The first-order valence-electron chi connectivity index (χ1n) is 5.75. The van der Waals surface area contributed by atoms with E-state index < -0.39 is 0 Å². The Balaban J connectivity index is 3.08. The Morgan fingerprint density at radius 1 is 1.07 bits per heavy atom. The molecule has 0 aromatic rings. The maximum Gasteiger partial charge on any atom is 0.0537 e. The lowest BCUT2D eigenvalue weighted by Crippen LogP contribution is -2.02. The van der Waals surface area contributed by atoms with E-state index in [1.54, 1.807) is 0 Å². The number of aliphatic hydroxyl groups excluding tert-OH is 2. The number of allylic oxidation sites excluding steroid dienone is 2. The molecule has 1 unspecified atom stereocenters. The maximum atomic E-state index is 9.28. The van der Waals surface area contributed by atoms with Crippen LogP contribution < -0.4 is 0 Å². The van der Waals surface area contributed by atoms with E-state index in [0.29, 0.717) is 0 Å². The summed E-state index contributed by atoms with van der Waals surface area (Å²) in [5, 5.41) is 17.8. The van der Waals surface area contributed by atoms with E-state index in [1.807, 2.05) is 6.92 Å². The predicted octanol–water partition coefficient (Wildman–Crippen LogP) is 2.65. The van der Waals surface area contributed by atoms with E-state index in [2.05, 4.69) is 12.2 Å². The molecule has 14 heavy (non-hydrogen) atoms. The number of hydrogen-bond acceptors (Lipinski definition) is 2. The van der Waals surface area contributed by atoms with E-state index in [9.17, 15) is 5.11 Å². The molecule has 0 amide bonds. The Labute approximate surface area is 87.7 Å². The molecule has 0 radical (unpaired) electrons. The van der Waals surface area contributed by atoms with Crippen molar-refractivity contribution in [3.05, 3.63) is 12.2 Å². The lowest BCUT2D eigenvalue weighted by Gasteiger charge is -2.05. The molecule has 0 saturated carbocycles. The second kappa shape index (κ2) is 10.7. The van der Waals surface area contributed by atoms with Gasteiger partial charge in [-0.2, -0.15) is 0 Å². The van der Waals surface area contributed by atoms with Crippen LogP contribution in [0.4, 0.5) is 0 Å². The molecule has 1 atom stereocenters. The largest absolute Gasteiger partial charge is 0.396 e. The highest BCUT2D eigenvalue weighted by molar-refractivity contribution is 4.81. The van der Waals surface area contributed by atoms with Gasteiger partial charge in [0.2, 0.25) is 0 Å². The minimum Gasteiger partial charge on any atom is -0.396 e. The van der Waals surface area contributed by atoms with Crippen molar-refractivity contribution in [3.63, 3.8) is 0 Å². The topological polar surface area (TPSA) is 40.5 Å². The highest BCUT2D eigenvalue weighted by Crippen LogP contribution is 2.06. The highest BCUT2D eigenvalue weighted by Gasteiger charge is 1.98. The van der Waals surface area contributed by atoms with Crippen LogP contribution in [-0.4, -0.2) is 22.9 Å². The molecule has 2 nitrogen and oxygen atoms in total. The molecule has 2 heteroatoms. The fourth-order valence-electron chi connectivity index (χ4n) is 1.29. The highest BCUT2D eigenvalue weighted by atomic mass is 16.3. The molecule has 0 aromatic carbocycles. The SMILES string of the molecule is CCC(O)CCCC/C=C/CCCO. The zero-order valence-corrected chi connectivity index (χ0v) is 9.28. The van der Waals surface area contributed by atoms with Crippen molar-refractivity contribution < 1.29 is 10.2 Å². The summed E-state index contributed by atoms with van der Waals surface area (Å²) in [5.41, 5.74) is 0. The smallest absolute Gasteiger partial charge is 0.0537 e. The van der Waals surface area contributed by atoms with Gasteiger partial charge in [-0.3, -0.25) is 0 Å². The van der Waals surface area contributed by atoms with Crippen LogP contribution in [0.5, 0.6) is 0 Å². The summed E-state index contributed by atoms with van der Waals surface area (Å²) in [7, 11) is 0. The minimum atomic E-state index is -0.103. The lowest BCUT2D eigenvalue weighted by atomic mass is 10.1. The lowest BCUT2D eigenvalue weighted by molar-refractivity contribution is 0.157. The van der Waals surface area contributed by atoms with Crippen molar-refractivity contribution >= 4 is 0 Å². The molecule has 84 valence electrons. The van der Waals surface area contributed by atoms with Crippen molar-refractivity contribution in [3.8, 4) is 0 Å². The van der Waals surface area contributed by atoms with Gasteiger partial charge in [-0.15, -0.1) is 0 Å². The summed E-state index contributed by atoms with van der Waals surface area (Å²) in [6.45, 7) is 2.30. The van der Waals surface area contributed by atoms with Crippen molar-refractivity contribution in [2.45, 2.75) is 58.0 Å². The Kier molecular flexibility index (Phi) is 10.5. The predicted molar refractivity (Wildman–Crippen MR) is 60.2 cm³/mol. The fraction of sp³-hybridized carbons (Fsp3) is 0.833. The second-order valence-corrected chi connectivity index (χ2v) is 3.68. The van der Waals surface area contributed by atoms with Crippen molar-refractivity contribution in [2.75, 3.05) is 6.61 Å². The molecular formula is C12H24O2. The van der Waals surface area contributed by atoms with Gasteiger partial charge < -0.3 is 10.2 Å². The molecule has 0 aliphatic carbocycles. The standard InChI is InChI=1S/C12H24O2/c1-2-12(14)10-8-6-4-3-5-7-9-11-13/h3,5,12-14H,2,4,6-11H2,1H3/b5-3+. The van der Waals surface area contributed by atoms with Gasteiger partial charge in [0.05, 0.1) is 6.10 Å². The van der Waals surface area contributed by atoms with Gasteiger partial charge in [-0.1, -0.05) is 25.5 Å². The minimum absolute atomic E-state index is 0.103. The van der Waals surface area contributed by atoms with E-state index in [-0.39, 0.29) is 12.7 Å². The molecule has 0 saturated heterocycles. The van der Waals surface area contributed by atoms with Crippen LogP contribution in [0.15, 0.2) is 12.2 Å². The summed E-state index contributed by atoms with van der Waals surface area (Å²) < 4.78 is 0. The van der Waals surface area contributed by atoms with E-state index in [1.165, 1.54) is 0 Å². The summed E-state index contributed by atoms with van der Waals surface area (Å²) in [6, 6.07) is 0. The molecule has 0 fully saturated rings. The van der Waals surface area contributed by atoms with Crippen LogP contribution in [0.2, 0.25) is 0 Å². The molecule has 0 aliphatic rings. The van der Waals surface area contributed by atoms with Gasteiger partial charge in [-0.25, -0.2) is 0 Å². The molecule has 0 rings (SSSR count). The first-order valence-corrected chi connectivity index (χ1v) is 5.75. The van der Waals surface area contributed by atoms with Crippen LogP contribution in [0, 0.1) is 0 Å². The first kappa shape index (κ1) is 13.7.